The molecular weight excluding hydrogens is 342 g/mol. The maximum absolute atomic E-state index is 13.0. The Morgan fingerprint density at radius 1 is 1.04 bits per heavy atom. The fourth-order valence-electron chi connectivity index (χ4n) is 3.67. The zero-order chi connectivity index (χ0) is 19.2. The number of H-pyrrole nitrogens is 1. The molecule has 6 heteroatoms. The number of fused-ring (bicyclic) bond motifs is 1. The van der Waals surface area contributed by atoms with Gasteiger partial charge in [0.25, 0.3) is 5.91 Å². The summed E-state index contributed by atoms with van der Waals surface area (Å²) in [4.78, 5) is 42.5. The third kappa shape index (κ3) is 2.61. The van der Waals surface area contributed by atoms with Crippen molar-refractivity contribution < 1.29 is 14.4 Å². The highest BCUT2D eigenvalue weighted by Crippen LogP contribution is 2.29. The van der Waals surface area contributed by atoms with Crippen molar-refractivity contribution in [2.75, 3.05) is 6.54 Å². The van der Waals surface area contributed by atoms with Gasteiger partial charge in [-0.25, -0.2) is 4.79 Å². The summed E-state index contributed by atoms with van der Waals surface area (Å²) in [5.74, 6) is -0.699. The largest absolute Gasteiger partial charge is 0.358 e. The summed E-state index contributed by atoms with van der Waals surface area (Å²) in [5.41, 5.74) is 1.60. The zero-order valence-corrected chi connectivity index (χ0v) is 15.1. The summed E-state index contributed by atoms with van der Waals surface area (Å²) in [6, 6.07) is 16.0. The van der Waals surface area contributed by atoms with Crippen molar-refractivity contribution >= 4 is 28.6 Å². The van der Waals surface area contributed by atoms with Crippen LogP contribution in [0.15, 0.2) is 54.6 Å². The normalized spacial score (nSPS) is 19.6. The number of aromatic nitrogens is 1. The van der Waals surface area contributed by atoms with Crippen molar-refractivity contribution in [1.82, 2.24) is 15.2 Å². The van der Waals surface area contributed by atoms with E-state index in [-0.39, 0.29) is 12.3 Å². The van der Waals surface area contributed by atoms with E-state index in [0.29, 0.717) is 11.1 Å². The first-order chi connectivity index (χ1) is 12.9. The van der Waals surface area contributed by atoms with E-state index >= 15 is 0 Å². The van der Waals surface area contributed by atoms with Gasteiger partial charge in [0.2, 0.25) is 0 Å². The third-order valence-electron chi connectivity index (χ3n) is 5.10. The summed E-state index contributed by atoms with van der Waals surface area (Å²) in [6.07, 6.45) is 0. The van der Waals surface area contributed by atoms with E-state index in [1.54, 1.807) is 19.1 Å². The van der Waals surface area contributed by atoms with Crippen LogP contribution in [0.2, 0.25) is 0 Å². The molecular formula is C21H19N3O3. The maximum Gasteiger partial charge on any atom is 0.325 e. The van der Waals surface area contributed by atoms with E-state index in [2.05, 4.69) is 10.3 Å². The minimum absolute atomic E-state index is 0.272. The van der Waals surface area contributed by atoms with Crippen molar-refractivity contribution in [3.63, 3.8) is 0 Å². The molecule has 0 saturated carbocycles. The summed E-state index contributed by atoms with van der Waals surface area (Å²) >= 11 is 0. The third-order valence-corrected chi connectivity index (χ3v) is 5.10. The number of aromatic amines is 1. The zero-order valence-electron chi connectivity index (χ0n) is 15.1. The van der Waals surface area contributed by atoms with Crippen LogP contribution in [0.3, 0.4) is 0 Å². The number of carbonyl (C=O) groups excluding carboxylic acids is 3. The topological polar surface area (TPSA) is 82.3 Å². The van der Waals surface area contributed by atoms with Crippen molar-refractivity contribution in [3.05, 3.63) is 71.4 Å². The number of benzene rings is 2. The first kappa shape index (κ1) is 17.0. The van der Waals surface area contributed by atoms with E-state index < -0.39 is 17.5 Å². The molecule has 2 heterocycles. The van der Waals surface area contributed by atoms with Crippen molar-refractivity contribution in [2.24, 2.45) is 0 Å². The predicted molar refractivity (Wildman–Crippen MR) is 101 cm³/mol. The van der Waals surface area contributed by atoms with E-state index in [1.807, 2.05) is 49.4 Å². The molecule has 0 spiro atoms. The van der Waals surface area contributed by atoms with Crippen LogP contribution in [-0.4, -0.2) is 34.2 Å². The van der Waals surface area contributed by atoms with Crippen molar-refractivity contribution in [3.8, 4) is 0 Å². The van der Waals surface area contributed by atoms with Crippen molar-refractivity contribution in [2.45, 2.75) is 19.4 Å². The molecule has 1 atom stereocenters. The first-order valence-electron chi connectivity index (χ1n) is 8.72. The van der Waals surface area contributed by atoms with Gasteiger partial charge in [-0.15, -0.1) is 0 Å². The quantitative estimate of drug-likeness (QED) is 0.553. The van der Waals surface area contributed by atoms with E-state index in [9.17, 15) is 14.4 Å². The molecule has 2 aromatic carbocycles. The predicted octanol–water partition coefficient (Wildman–Crippen LogP) is 3.13. The lowest BCUT2D eigenvalue weighted by Crippen LogP contribution is -2.41. The van der Waals surface area contributed by atoms with E-state index in [0.717, 1.165) is 21.5 Å². The minimum Gasteiger partial charge on any atom is -0.358 e. The van der Waals surface area contributed by atoms with Gasteiger partial charge in [0.05, 0.1) is 6.54 Å². The average Bonchev–Trinajstić information content (AvgIpc) is 3.11. The Labute approximate surface area is 156 Å². The lowest BCUT2D eigenvalue weighted by molar-refractivity contribution is -0.130. The highest BCUT2D eigenvalue weighted by atomic mass is 16.2. The number of carbonyl (C=O) groups is 3. The highest BCUT2D eigenvalue weighted by molar-refractivity contribution is 6.15. The lowest BCUT2D eigenvalue weighted by atomic mass is 9.92. The Morgan fingerprint density at radius 2 is 1.70 bits per heavy atom. The lowest BCUT2D eigenvalue weighted by Gasteiger charge is -2.22. The number of hydrogen-bond acceptors (Lipinski definition) is 3. The van der Waals surface area contributed by atoms with Crippen LogP contribution in [0.1, 0.15) is 28.5 Å². The number of amides is 3. The van der Waals surface area contributed by atoms with E-state index in [4.69, 9.17) is 0 Å². The van der Waals surface area contributed by atoms with Crippen LogP contribution >= 0.6 is 0 Å². The van der Waals surface area contributed by atoms with Gasteiger partial charge in [-0.2, -0.15) is 0 Å². The van der Waals surface area contributed by atoms with Gasteiger partial charge in [-0.3, -0.25) is 14.5 Å². The minimum atomic E-state index is -1.17. The average molecular weight is 361 g/mol. The van der Waals surface area contributed by atoms with Crippen LogP contribution < -0.4 is 5.32 Å². The molecule has 27 heavy (non-hydrogen) atoms. The molecule has 0 aliphatic carbocycles. The van der Waals surface area contributed by atoms with Gasteiger partial charge in [-0.05, 0) is 25.5 Å². The Bertz CT molecular complexity index is 1070. The molecule has 1 aliphatic heterocycles. The Balaban J connectivity index is 1.65. The summed E-state index contributed by atoms with van der Waals surface area (Å²) in [7, 11) is 0. The number of aryl methyl sites for hydroxylation is 1. The molecule has 1 fully saturated rings. The molecule has 0 bridgehead atoms. The molecule has 136 valence electrons. The number of ketones is 1. The molecule has 2 N–H and O–H groups in total. The van der Waals surface area contributed by atoms with Crippen LogP contribution in [0.5, 0.6) is 0 Å². The summed E-state index contributed by atoms with van der Waals surface area (Å²) < 4.78 is 0. The first-order valence-corrected chi connectivity index (χ1v) is 8.72. The number of rotatable bonds is 4. The van der Waals surface area contributed by atoms with Gasteiger partial charge < -0.3 is 10.3 Å². The molecule has 1 aromatic heterocycles. The Hall–Kier alpha value is -3.41. The number of para-hydroxylation sites is 1. The fraction of sp³-hybridized carbons (Fsp3) is 0.190. The van der Waals surface area contributed by atoms with Gasteiger partial charge in [0.1, 0.15) is 5.54 Å². The molecule has 4 rings (SSSR count). The molecule has 1 saturated heterocycles. The van der Waals surface area contributed by atoms with E-state index in [1.165, 1.54) is 0 Å². The SMILES string of the molecule is Cc1[nH]c2ccccc2c1C(=O)CN1C(=O)N[C@@](C)(c2ccccc2)C1=O. The number of nitrogens with one attached hydrogen (secondary N) is 2. The molecule has 6 nitrogen and oxygen atoms in total. The Kier molecular flexibility index (Phi) is 3.84. The number of Topliss-reactive ketones (excluding diaryl/α,β-unsaturated/α-hetero) is 1. The second-order valence-corrected chi connectivity index (χ2v) is 6.91. The second-order valence-electron chi connectivity index (χ2n) is 6.91. The Morgan fingerprint density at radius 3 is 2.44 bits per heavy atom. The molecule has 3 amide bonds. The fourth-order valence-corrected chi connectivity index (χ4v) is 3.67. The highest BCUT2D eigenvalue weighted by Gasteiger charge is 2.49. The van der Waals surface area contributed by atoms with Gasteiger partial charge >= 0.3 is 6.03 Å². The van der Waals surface area contributed by atoms with Crippen molar-refractivity contribution in [1.29, 1.82) is 0 Å². The monoisotopic (exact) mass is 361 g/mol. The van der Waals surface area contributed by atoms with Crippen LogP contribution in [0.25, 0.3) is 10.9 Å². The summed E-state index contributed by atoms with van der Waals surface area (Å²) in [6.45, 7) is 3.17. The second kappa shape index (κ2) is 6.09. The van der Waals surface area contributed by atoms with Crippen LogP contribution in [0, 0.1) is 6.92 Å². The maximum atomic E-state index is 13.0. The smallest absolute Gasteiger partial charge is 0.325 e. The number of imide groups is 1. The van der Waals surface area contributed by atoms with Gasteiger partial charge in [0.15, 0.2) is 5.78 Å². The molecule has 3 aromatic rings. The molecule has 0 unspecified atom stereocenters. The van der Waals surface area contributed by atoms with Gasteiger partial charge in [-0.1, -0.05) is 48.5 Å². The summed E-state index contributed by atoms with van der Waals surface area (Å²) in [5, 5.41) is 3.52. The number of urea groups is 1. The number of nitrogens with zero attached hydrogens (tertiary/aromatic N) is 1. The molecule has 1 aliphatic rings. The number of hydrogen-bond donors (Lipinski definition) is 2. The van der Waals surface area contributed by atoms with Crippen LogP contribution in [0.4, 0.5) is 4.79 Å². The van der Waals surface area contributed by atoms with Gasteiger partial charge in [0, 0.05) is 22.2 Å². The standard InChI is InChI=1S/C21H19N3O3/c1-13-18(15-10-6-7-11-16(15)22-13)17(25)12-24-19(26)21(2,23-20(24)27)14-8-4-3-5-9-14/h3-11,22H,12H2,1-2H3,(H,23,27)/t21-/m0/s1. The molecule has 0 radical (unpaired) electrons. The van der Waals surface area contributed by atoms with Crippen LogP contribution in [-0.2, 0) is 10.3 Å².